The van der Waals surface area contributed by atoms with Crippen LogP contribution in [0.2, 0.25) is 0 Å². The summed E-state index contributed by atoms with van der Waals surface area (Å²) in [6.07, 6.45) is 1.19. The predicted octanol–water partition coefficient (Wildman–Crippen LogP) is 3.13. The Morgan fingerprint density at radius 1 is 1.27 bits per heavy atom. The van der Waals surface area contributed by atoms with Gasteiger partial charge in [-0.3, -0.25) is 4.99 Å². The first-order valence-electron chi connectivity index (χ1n) is 9.79. The van der Waals surface area contributed by atoms with E-state index in [1.54, 1.807) is 0 Å². The molecule has 2 aromatic rings. The summed E-state index contributed by atoms with van der Waals surface area (Å²) in [5.74, 6) is 2.16. The second-order valence-corrected chi connectivity index (χ2v) is 8.88. The summed E-state index contributed by atoms with van der Waals surface area (Å²) in [5, 5.41) is 7.49. The third kappa shape index (κ3) is 8.68. The van der Waals surface area contributed by atoms with Gasteiger partial charge in [0.05, 0.1) is 38.2 Å². The van der Waals surface area contributed by atoms with Crippen LogP contribution in [0.3, 0.4) is 0 Å². The molecule has 1 atom stereocenters. The second-order valence-electron chi connectivity index (χ2n) is 6.63. The number of sulfone groups is 1. The highest BCUT2D eigenvalue weighted by Gasteiger charge is 2.15. The highest BCUT2D eigenvalue weighted by atomic mass is 127. The van der Waals surface area contributed by atoms with Crippen LogP contribution in [-0.2, 0) is 14.6 Å². The fraction of sp³-hybridized carbons (Fsp3) is 0.550. The lowest BCUT2D eigenvalue weighted by molar-refractivity contribution is 0.157. The fourth-order valence-electron chi connectivity index (χ4n) is 2.67. The average Bonchev–Trinajstić information content (AvgIpc) is 3.09. The van der Waals surface area contributed by atoms with Gasteiger partial charge in [0.2, 0.25) is 0 Å². The molecule has 0 saturated carbocycles. The van der Waals surface area contributed by atoms with Crippen molar-refractivity contribution in [1.82, 2.24) is 10.6 Å². The standard InChI is InChI=1S/C20H31N3O5S.HI/c1-5-21-20(22-10-11-26-12-13-29(4,24)25)23-15(3)18-14-16-8-7-9-17(27-6-2)19(16)28-18;/h7-9,14-15H,5-6,10-13H2,1-4H3,(H2,21,22,23);1H. The van der Waals surface area contributed by atoms with Crippen molar-refractivity contribution < 1.29 is 22.3 Å². The Morgan fingerprint density at radius 3 is 2.70 bits per heavy atom. The molecule has 30 heavy (non-hydrogen) atoms. The molecule has 0 aliphatic heterocycles. The minimum absolute atomic E-state index is 0. The molecule has 0 amide bonds. The number of fused-ring (bicyclic) bond motifs is 1. The minimum Gasteiger partial charge on any atom is -0.490 e. The monoisotopic (exact) mass is 553 g/mol. The van der Waals surface area contributed by atoms with E-state index in [4.69, 9.17) is 13.9 Å². The highest BCUT2D eigenvalue weighted by Crippen LogP contribution is 2.31. The summed E-state index contributed by atoms with van der Waals surface area (Å²) in [5.41, 5.74) is 0.735. The molecule has 1 unspecified atom stereocenters. The molecule has 0 spiro atoms. The van der Waals surface area contributed by atoms with Crippen molar-refractivity contribution in [2.24, 2.45) is 4.99 Å². The van der Waals surface area contributed by atoms with Gasteiger partial charge in [0.1, 0.15) is 15.6 Å². The van der Waals surface area contributed by atoms with Crippen molar-refractivity contribution >= 4 is 50.7 Å². The fourth-order valence-corrected chi connectivity index (χ4v) is 3.09. The molecule has 0 radical (unpaired) electrons. The topological polar surface area (TPSA) is 102 Å². The summed E-state index contributed by atoms with van der Waals surface area (Å²) in [6, 6.07) is 7.71. The molecule has 0 aliphatic rings. The van der Waals surface area contributed by atoms with Crippen LogP contribution >= 0.6 is 24.0 Å². The summed E-state index contributed by atoms with van der Waals surface area (Å²) < 4.78 is 39.2. The number of furan rings is 1. The Balaban J connectivity index is 0.00000450. The largest absolute Gasteiger partial charge is 0.490 e. The lowest BCUT2D eigenvalue weighted by Crippen LogP contribution is -2.38. The van der Waals surface area contributed by atoms with Crippen LogP contribution in [0, 0.1) is 0 Å². The van der Waals surface area contributed by atoms with Crippen molar-refractivity contribution in [2.75, 3.05) is 44.9 Å². The molecule has 0 aliphatic carbocycles. The van der Waals surface area contributed by atoms with E-state index in [0.29, 0.717) is 32.3 Å². The molecule has 170 valence electrons. The Morgan fingerprint density at radius 2 is 2.03 bits per heavy atom. The number of benzene rings is 1. The molecule has 8 nitrogen and oxygen atoms in total. The molecular formula is C20H32IN3O5S. The molecule has 2 rings (SSSR count). The number of guanidine groups is 1. The average molecular weight is 553 g/mol. The van der Waals surface area contributed by atoms with Gasteiger partial charge in [-0.1, -0.05) is 12.1 Å². The summed E-state index contributed by atoms with van der Waals surface area (Å²) in [7, 11) is -3.01. The van der Waals surface area contributed by atoms with Gasteiger partial charge in [0.25, 0.3) is 0 Å². The number of aliphatic imine (C=N–C) groups is 1. The van der Waals surface area contributed by atoms with Gasteiger partial charge in [-0.15, -0.1) is 24.0 Å². The van der Waals surface area contributed by atoms with E-state index in [1.807, 2.05) is 45.0 Å². The quantitative estimate of drug-likeness (QED) is 0.191. The van der Waals surface area contributed by atoms with Gasteiger partial charge in [0, 0.05) is 18.2 Å². The van der Waals surface area contributed by atoms with Crippen LogP contribution in [0.5, 0.6) is 5.75 Å². The third-order valence-electron chi connectivity index (χ3n) is 4.06. The van der Waals surface area contributed by atoms with Crippen molar-refractivity contribution in [2.45, 2.75) is 26.8 Å². The van der Waals surface area contributed by atoms with Crippen LogP contribution in [0.4, 0.5) is 0 Å². The molecule has 0 saturated heterocycles. The van der Waals surface area contributed by atoms with Crippen LogP contribution in [0.1, 0.15) is 32.6 Å². The summed E-state index contributed by atoms with van der Waals surface area (Å²) >= 11 is 0. The number of nitrogens with zero attached hydrogens (tertiary/aromatic N) is 1. The molecular weight excluding hydrogens is 521 g/mol. The smallest absolute Gasteiger partial charge is 0.191 e. The number of rotatable bonds is 11. The number of para-hydroxylation sites is 1. The molecule has 2 N–H and O–H groups in total. The molecule has 1 aromatic carbocycles. The zero-order valence-corrected chi connectivity index (χ0v) is 21.1. The summed E-state index contributed by atoms with van der Waals surface area (Å²) in [6.45, 7) is 8.15. The van der Waals surface area contributed by atoms with Crippen LogP contribution in [-0.4, -0.2) is 59.3 Å². The van der Waals surface area contributed by atoms with E-state index in [-0.39, 0.29) is 42.4 Å². The second kappa shape index (κ2) is 13.0. The van der Waals surface area contributed by atoms with Crippen molar-refractivity contribution in [3.63, 3.8) is 0 Å². The molecule has 1 heterocycles. The zero-order chi connectivity index (χ0) is 21.3. The van der Waals surface area contributed by atoms with E-state index in [9.17, 15) is 8.42 Å². The Hall–Kier alpha value is -1.53. The molecule has 1 aromatic heterocycles. The first-order valence-corrected chi connectivity index (χ1v) is 11.9. The number of hydrogen-bond donors (Lipinski definition) is 2. The third-order valence-corrected chi connectivity index (χ3v) is 4.96. The lowest BCUT2D eigenvalue weighted by atomic mass is 10.2. The van der Waals surface area contributed by atoms with Gasteiger partial charge in [-0.25, -0.2) is 8.42 Å². The zero-order valence-electron chi connectivity index (χ0n) is 17.9. The first kappa shape index (κ1) is 26.5. The van der Waals surface area contributed by atoms with Crippen molar-refractivity contribution in [3.05, 3.63) is 30.0 Å². The maximum Gasteiger partial charge on any atom is 0.191 e. The number of hydrogen-bond acceptors (Lipinski definition) is 6. The van der Waals surface area contributed by atoms with E-state index < -0.39 is 9.84 Å². The number of nitrogens with one attached hydrogen (secondary N) is 2. The van der Waals surface area contributed by atoms with Gasteiger partial charge in [-0.2, -0.15) is 0 Å². The predicted molar refractivity (Wildman–Crippen MR) is 131 cm³/mol. The molecule has 10 heteroatoms. The van der Waals surface area contributed by atoms with Crippen molar-refractivity contribution in [3.8, 4) is 5.75 Å². The van der Waals surface area contributed by atoms with Crippen LogP contribution < -0.4 is 15.4 Å². The molecule has 0 bridgehead atoms. The van der Waals surface area contributed by atoms with E-state index >= 15 is 0 Å². The Labute approximate surface area is 195 Å². The number of ether oxygens (including phenoxy) is 2. The number of halogens is 1. The maximum absolute atomic E-state index is 11.1. The van der Waals surface area contributed by atoms with Crippen LogP contribution in [0.25, 0.3) is 11.0 Å². The van der Waals surface area contributed by atoms with Gasteiger partial charge in [-0.05, 0) is 32.9 Å². The van der Waals surface area contributed by atoms with E-state index in [1.165, 1.54) is 6.26 Å². The minimum atomic E-state index is -3.01. The van der Waals surface area contributed by atoms with Gasteiger partial charge in [0.15, 0.2) is 17.3 Å². The van der Waals surface area contributed by atoms with E-state index in [2.05, 4.69) is 15.6 Å². The van der Waals surface area contributed by atoms with Gasteiger partial charge < -0.3 is 24.5 Å². The molecule has 0 fully saturated rings. The SMILES string of the molecule is CCNC(=NCCOCCS(C)(=O)=O)NC(C)c1cc2cccc(OCC)c2o1.I. The maximum atomic E-state index is 11.1. The highest BCUT2D eigenvalue weighted by molar-refractivity contribution is 14.0. The van der Waals surface area contributed by atoms with Crippen molar-refractivity contribution in [1.29, 1.82) is 0 Å². The van der Waals surface area contributed by atoms with Gasteiger partial charge >= 0.3 is 0 Å². The normalized spacial score (nSPS) is 13.0. The Bertz CT molecular complexity index is 914. The first-order chi connectivity index (χ1) is 13.8. The van der Waals surface area contributed by atoms with Crippen LogP contribution in [0.15, 0.2) is 33.7 Å². The summed E-state index contributed by atoms with van der Waals surface area (Å²) in [4.78, 5) is 4.47. The Kier molecular flexibility index (Phi) is 11.5. The van der Waals surface area contributed by atoms with E-state index in [0.717, 1.165) is 22.5 Å². The lowest BCUT2D eigenvalue weighted by Gasteiger charge is -2.16.